The Bertz CT molecular complexity index is 853. The molecule has 0 aromatic heterocycles. The maximum absolute atomic E-state index is 13.1. The van der Waals surface area contributed by atoms with Gasteiger partial charge in [-0.25, -0.2) is 0 Å². The van der Waals surface area contributed by atoms with E-state index < -0.39 is 22.1 Å². The average Bonchev–Trinajstić information content (AvgIpc) is 3.20. The molecule has 4 unspecified atom stereocenters. The number of thiocarbonyl (C=S) groups is 1. The predicted molar refractivity (Wildman–Crippen MR) is 104 cm³/mol. The van der Waals surface area contributed by atoms with Gasteiger partial charge in [0.2, 0.25) is 5.91 Å². The quantitative estimate of drug-likeness (QED) is 0.687. The summed E-state index contributed by atoms with van der Waals surface area (Å²) < 4.78 is 31.6. The van der Waals surface area contributed by atoms with Crippen LogP contribution in [0.3, 0.4) is 0 Å². The molecule has 4 atom stereocenters. The van der Waals surface area contributed by atoms with Crippen LogP contribution >= 0.6 is 12.2 Å². The van der Waals surface area contributed by atoms with Crippen LogP contribution < -0.4 is 10.6 Å². The van der Waals surface area contributed by atoms with Gasteiger partial charge in [-0.15, -0.1) is 0 Å². The summed E-state index contributed by atoms with van der Waals surface area (Å²) in [6, 6.07) is 9.10. The van der Waals surface area contributed by atoms with Gasteiger partial charge < -0.3 is 15.4 Å². The SMILES string of the molecule is CNC(=S)NC(=O)C1(N2CC(OC)CC2c2ccccc2)CC1N=S(=O)=O. The standard InChI is InChI=1S/C17H22N4O4S2/c1-18-16(26)19-15(22)17(9-14(17)20-27(23)24)21-10-12(25-2)8-13(21)11-6-4-3-5-7-11/h3-7,12-14H,8-10H2,1-2H3,(H2,18,19,22,26). The van der Waals surface area contributed by atoms with Gasteiger partial charge in [-0.2, -0.15) is 12.8 Å². The van der Waals surface area contributed by atoms with Gasteiger partial charge in [-0.05, 0) is 24.2 Å². The molecule has 27 heavy (non-hydrogen) atoms. The minimum Gasteiger partial charge on any atom is -0.380 e. The van der Waals surface area contributed by atoms with Crippen LogP contribution in [0.1, 0.15) is 24.4 Å². The number of hydrogen-bond acceptors (Lipinski definition) is 7. The van der Waals surface area contributed by atoms with Gasteiger partial charge >= 0.3 is 10.5 Å². The van der Waals surface area contributed by atoms with Crippen LogP contribution in [0.15, 0.2) is 34.7 Å². The van der Waals surface area contributed by atoms with Crippen molar-refractivity contribution < 1.29 is 17.9 Å². The summed E-state index contributed by atoms with van der Waals surface area (Å²) in [5.74, 6) is -0.348. The highest BCUT2D eigenvalue weighted by molar-refractivity contribution is 7.80. The second kappa shape index (κ2) is 8.01. The molecule has 1 heterocycles. The van der Waals surface area contributed by atoms with E-state index in [-0.39, 0.29) is 23.2 Å². The maximum Gasteiger partial charge on any atom is 0.311 e. The van der Waals surface area contributed by atoms with Crippen molar-refractivity contribution in [2.75, 3.05) is 20.7 Å². The van der Waals surface area contributed by atoms with Gasteiger partial charge in [-0.3, -0.25) is 9.69 Å². The van der Waals surface area contributed by atoms with E-state index in [1.54, 1.807) is 14.2 Å². The Hall–Kier alpha value is -1.88. The molecule has 1 amide bonds. The molecule has 146 valence electrons. The Morgan fingerprint density at radius 2 is 2.07 bits per heavy atom. The third-order valence-electron chi connectivity index (χ3n) is 5.25. The third kappa shape index (κ3) is 3.88. The Kier molecular flexibility index (Phi) is 5.89. The van der Waals surface area contributed by atoms with Crippen LogP contribution in [0.2, 0.25) is 0 Å². The van der Waals surface area contributed by atoms with Crippen LogP contribution in [0.4, 0.5) is 0 Å². The normalized spacial score (nSPS) is 29.8. The number of ether oxygens (including phenoxy) is 1. The van der Waals surface area contributed by atoms with E-state index in [2.05, 4.69) is 15.0 Å². The molecule has 1 saturated carbocycles. The molecule has 0 spiro atoms. The molecule has 8 nitrogen and oxygen atoms in total. The zero-order valence-corrected chi connectivity index (χ0v) is 16.7. The lowest BCUT2D eigenvalue weighted by molar-refractivity contribution is -0.127. The molecule has 2 aliphatic rings. The molecule has 2 fully saturated rings. The van der Waals surface area contributed by atoms with E-state index in [4.69, 9.17) is 17.0 Å². The van der Waals surface area contributed by atoms with Gasteiger partial charge in [0.1, 0.15) is 5.54 Å². The van der Waals surface area contributed by atoms with Gasteiger partial charge in [0.15, 0.2) is 5.11 Å². The predicted octanol–water partition coefficient (Wildman–Crippen LogP) is 0.643. The molecular formula is C17H22N4O4S2. The first-order valence-corrected chi connectivity index (χ1v) is 10.0. The Balaban J connectivity index is 1.98. The van der Waals surface area contributed by atoms with Crippen molar-refractivity contribution in [1.29, 1.82) is 0 Å². The number of carbonyl (C=O) groups is 1. The number of hydrogen-bond donors (Lipinski definition) is 2. The highest BCUT2D eigenvalue weighted by Crippen LogP contribution is 2.52. The van der Waals surface area contributed by atoms with E-state index in [9.17, 15) is 13.2 Å². The lowest BCUT2D eigenvalue weighted by Gasteiger charge is -2.32. The maximum atomic E-state index is 13.1. The zero-order chi connectivity index (χ0) is 19.6. The first kappa shape index (κ1) is 19.9. The summed E-state index contributed by atoms with van der Waals surface area (Å²) in [6.45, 7) is 0.507. The van der Waals surface area contributed by atoms with Crippen molar-refractivity contribution in [2.45, 2.75) is 36.6 Å². The van der Waals surface area contributed by atoms with Crippen LogP contribution in [0.25, 0.3) is 0 Å². The number of benzene rings is 1. The number of methoxy groups -OCH3 is 1. The van der Waals surface area contributed by atoms with E-state index in [0.717, 1.165) is 5.56 Å². The number of amides is 1. The molecular weight excluding hydrogens is 388 g/mol. The van der Waals surface area contributed by atoms with Crippen LogP contribution in [-0.2, 0) is 20.0 Å². The minimum absolute atomic E-state index is 0.0601. The topological polar surface area (TPSA) is 100 Å². The lowest BCUT2D eigenvalue weighted by Crippen LogP contribution is -2.54. The Morgan fingerprint density at radius 3 is 2.67 bits per heavy atom. The summed E-state index contributed by atoms with van der Waals surface area (Å²) in [4.78, 5) is 15.1. The zero-order valence-electron chi connectivity index (χ0n) is 15.1. The van der Waals surface area contributed by atoms with Crippen molar-refractivity contribution in [3.63, 3.8) is 0 Å². The summed E-state index contributed by atoms with van der Waals surface area (Å²) >= 11 is 5.06. The van der Waals surface area contributed by atoms with Crippen molar-refractivity contribution in [3.05, 3.63) is 35.9 Å². The van der Waals surface area contributed by atoms with Crippen molar-refractivity contribution in [1.82, 2.24) is 15.5 Å². The van der Waals surface area contributed by atoms with Crippen LogP contribution in [-0.4, -0.2) is 62.7 Å². The summed E-state index contributed by atoms with van der Waals surface area (Å²) in [5.41, 5.74) is -0.0105. The third-order valence-corrected chi connectivity index (χ3v) is 5.98. The largest absolute Gasteiger partial charge is 0.380 e. The van der Waals surface area contributed by atoms with Crippen LogP contribution in [0.5, 0.6) is 0 Å². The molecule has 0 bridgehead atoms. The number of carbonyl (C=O) groups excluding carboxylic acids is 1. The molecule has 0 radical (unpaired) electrons. The summed E-state index contributed by atoms with van der Waals surface area (Å²) in [7, 11) is 0.662. The highest BCUT2D eigenvalue weighted by atomic mass is 32.2. The molecule has 2 N–H and O–H groups in total. The van der Waals surface area contributed by atoms with Gasteiger partial charge in [0.05, 0.1) is 12.1 Å². The highest BCUT2D eigenvalue weighted by Gasteiger charge is 2.67. The van der Waals surface area contributed by atoms with E-state index in [1.165, 1.54) is 0 Å². The summed E-state index contributed by atoms with van der Waals surface area (Å²) in [5, 5.41) is 5.55. The average molecular weight is 411 g/mol. The fourth-order valence-electron chi connectivity index (χ4n) is 3.82. The van der Waals surface area contributed by atoms with E-state index in [0.29, 0.717) is 19.4 Å². The lowest BCUT2D eigenvalue weighted by atomic mass is 10.0. The first-order valence-electron chi connectivity index (χ1n) is 8.60. The number of likely N-dealkylation sites (tertiary alicyclic amines) is 1. The van der Waals surface area contributed by atoms with E-state index >= 15 is 0 Å². The van der Waals surface area contributed by atoms with Crippen molar-refractivity contribution in [3.8, 4) is 0 Å². The molecule has 10 heteroatoms. The molecule has 1 aliphatic carbocycles. The van der Waals surface area contributed by atoms with Crippen molar-refractivity contribution >= 4 is 33.7 Å². The van der Waals surface area contributed by atoms with E-state index in [1.807, 2.05) is 35.2 Å². The van der Waals surface area contributed by atoms with Crippen molar-refractivity contribution in [2.24, 2.45) is 4.36 Å². The molecule has 3 rings (SSSR count). The minimum atomic E-state index is -2.59. The number of nitrogens with zero attached hydrogens (tertiary/aromatic N) is 2. The first-order chi connectivity index (χ1) is 12.9. The Morgan fingerprint density at radius 1 is 1.37 bits per heavy atom. The fraction of sp³-hybridized carbons (Fsp3) is 0.529. The molecule has 1 aromatic carbocycles. The molecule has 1 saturated heterocycles. The second-order valence-corrected chi connectivity index (χ2v) is 7.73. The van der Waals surface area contributed by atoms with Gasteiger partial charge in [0, 0.05) is 33.2 Å². The van der Waals surface area contributed by atoms with Crippen LogP contribution in [0, 0.1) is 0 Å². The van der Waals surface area contributed by atoms with Gasteiger partial charge in [-0.1, -0.05) is 30.3 Å². The summed E-state index contributed by atoms with van der Waals surface area (Å²) in [6.07, 6.45) is 0.966. The monoisotopic (exact) mass is 410 g/mol. The number of nitrogens with one attached hydrogen (secondary N) is 2. The fourth-order valence-corrected chi connectivity index (χ4v) is 4.37. The molecule has 1 aliphatic heterocycles. The molecule has 1 aromatic rings. The number of rotatable bonds is 5. The Labute approximate surface area is 165 Å². The second-order valence-electron chi connectivity index (χ2n) is 6.67. The smallest absolute Gasteiger partial charge is 0.311 e. The van der Waals surface area contributed by atoms with Gasteiger partial charge in [0.25, 0.3) is 0 Å².